The summed E-state index contributed by atoms with van der Waals surface area (Å²) in [7, 11) is 0. The van der Waals surface area contributed by atoms with Crippen molar-refractivity contribution in [1.82, 2.24) is 0 Å². The van der Waals surface area contributed by atoms with Crippen LogP contribution in [-0.4, -0.2) is 6.04 Å². The van der Waals surface area contributed by atoms with E-state index < -0.39 is 0 Å². The van der Waals surface area contributed by atoms with Crippen LogP contribution >= 0.6 is 0 Å². The summed E-state index contributed by atoms with van der Waals surface area (Å²) in [6, 6.07) is 0.330. The van der Waals surface area contributed by atoms with Crippen LogP contribution in [0.3, 0.4) is 0 Å². The van der Waals surface area contributed by atoms with Gasteiger partial charge in [-0.2, -0.15) is 0 Å². The van der Waals surface area contributed by atoms with E-state index in [0.717, 1.165) is 6.42 Å². The van der Waals surface area contributed by atoms with Gasteiger partial charge in [-0.25, -0.2) is 0 Å². The summed E-state index contributed by atoms with van der Waals surface area (Å²) in [4.78, 5) is 0. The van der Waals surface area contributed by atoms with E-state index in [1.165, 1.54) is 11.1 Å². The van der Waals surface area contributed by atoms with E-state index in [1.807, 2.05) is 13.8 Å². The summed E-state index contributed by atoms with van der Waals surface area (Å²) >= 11 is 0. The minimum absolute atomic E-state index is 0. The first kappa shape index (κ1) is 12.3. The molecular weight excluding hydrogens is 182 g/mol. The molecule has 1 heteroatoms. The fourth-order valence-electron chi connectivity index (χ4n) is 2.18. The summed E-state index contributed by atoms with van der Waals surface area (Å²) in [5, 5.41) is 0. The van der Waals surface area contributed by atoms with Crippen molar-refractivity contribution >= 4 is 0 Å². The molecule has 2 N–H and O–H groups in total. The van der Waals surface area contributed by atoms with E-state index >= 15 is 0 Å². The highest BCUT2D eigenvalue weighted by Crippen LogP contribution is 2.36. The molecule has 0 aliphatic heterocycles. The van der Waals surface area contributed by atoms with Crippen LogP contribution < -0.4 is 5.73 Å². The molecule has 15 heavy (non-hydrogen) atoms. The zero-order valence-electron chi connectivity index (χ0n) is 10.3. The van der Waals surface area contributed by atoms with Crippen LogP contribution in [0.15, 0.2) is 35.5 Å². The lowest BCUT2D eigenvalue weighted by molar-refractivity contribution is 0.576. The van der Waals surface area contributed by atoms with Gasteiger partial charge in [0.2, 0.25) is 0 Å². The predicted octanol–water partition coefficient (Wildman–Crippen LogP) is 3.68. The Morgan fingerprint density at radius 2 is 2.00 bits per heavy atom. The summed E-state index contributed by atoms with van der Waals surface area (Å²) in [6.45, 7) is 8.45. The first-order chi connectivity index (χ1) is 7.18. The lowest BCUT2D eigenvalue weighted by atomic mass is 9.98. The second-order valence-electron chi connectivity index (χ2n) is 4.21. The minimum Gasteiger partial charge on any atom is -0.327 e. The van der Waals surface area contributed by atoms with E-state index in [0.29, 0.717) is 17.9 Å². The number of allylic oxidation sites excluding steroid dienone is 4. The van der Waals surface area contributed by atoms with Crippen molar-refractivity contribution in [3.05, 3.63) is 35.5 Å². The average Bonchev–Trinajstić information content (AvgIpc) is 2.43. The highest BCUT2D eigenvalue weighted by Gasteiger charge is 2.29. The highest BCUT2D eigenvalue weighted by molar-refractivity contribution is 5.44. The van der Waals surface area contributed by atoms with E-state index in [2.05, 4.69) is 38.2 Å². The van der Waals surface area contributed by atoms with Crippen molar-refractivity contribution in [3.63, 3.8) is 0 Å². The molecule has 0 radical (unpaired) electrons. The van der Waals surface area contributed by atoms with Gasteiger partial charge in [0.1, 0.15) is 0 Å². The molecule has 1 saturated carbocycles. The minimum atomic E-state index is 0. The molecule has 0 saturated heterocycles. The van der Waals surface area contributed by atoms with Crippen LogP contribution in [0.25, 0.3) is 0 Å². The van der Waals surface area contributed by atoms with Crippen molar-refractivity contribution in [2.24, 2.45) is 17.6 Å². The second-order valence-corrected chi connectivity index (χ2v) is 4.21. The molecule has 0 bridgehead atoms. The normalized spacial score (nSPS) is 33.3. The van der Waals surface area contributed by atoms with Gasteiger partial charge in [-0.15, -0.1) is 0 Å². The topological polar surface area (TPSA) is 26.0 Å². The third kappa shape index (κ3) is 2.60. The van der Waals surface area contributed by atoms with Crippen molar-refractivity contribution in [2.75, 3.05) is 0 Å². The molecule has 86 valence electrons. The van der Waals surface area contributed by atoms with Gasteiger partial charge in [-0.1, -0.05) is 52.0 Å². The van der Waals surface area contributed by atoms with E-state index in [9.17, 15) is 0 Å². The molecule has 2 aliphatic carbocycles. The maximum atomic E-state index is 6.03. The Bertz CT molecular complexity index is 302. The molecule has 3 unspecified atom stereocenters. The number of nitrogens with two attached hydrogens (primary N) is 1. The van der Waals surface area contributed by atoms with Crippen LogP contribution in [-0.2, 0) is 0 Å². The molecule has 3 atom stereocenters. The molecular formula is C14H25N. The molecule has 0 amide bonds. The molecule has 2 aliphatic rings. The molecule has 0 spiro atoms. The molecule has 0 aromatic rings. The van der Waals surface area contributed by atoms with Crippen molar-refractivity contribution in [3.8, 4) is 0 Å². The van der Waals surface area contributed by atoms with Gasteiger partial charge in [0, 0.05) is 7.47 Å². The fourth-order valence-corrected chi connectivity index (χ4v) is 2.18. The number of fused-ring (bicyclic) bond motifs is 1. The number of hydrogen-bond donors (Lipinski definition) is 1. The third-order valence-corrected chi connectivity index (χ3v) is 3.11. The van der Waals surface area contributed by atoms with Crippen LogP contribution in [0.5, 0.6) is 0 Å². The smallest absolute Gasteiger partial charge is 0.0146 e. The van der Waals surface area contributed by atoms with E-state index in [4.69, 9.17) is 5.73 Å². The molecule has 2 rings (SSSR count). The molecule has 0 heterocycles. The number of hydrogen-bond acceptors (Lipinski definition) is 1. The Kier molecular flexibility index (Phi) is 4.34. The molecule has 1 fully saturated rings. The van der Waals surface area contributed by atoms with Gasteiger partial charge in [-0.05, 0) is 29.4 Å². The Balaban J connectivity index is 0.000000711. The van der Waals surface area contributed by atoms with Gasteiger partial charge in [-0.3, -0.25) is 0 Å². The van der Waals surface area contributed by atoms with E-state index in [1.54, 1.807) is 0 Å². The summed E-state index contributed by atoms with van der Waals surface area (Å²) in [5.41, 5.74) is 8.95. The first-order valence-corrected chi connectivity index (χ1v) is 6.03. The van der Waals surface area contributed by atoms with Gasteiger partial charge in [0.15, 0.2) is 0 Å². The summed E-state index contributed by atoms with van der Waals surface area (Å²) in [6.07, 6.45) is 10.0. The highest BCUT2D eigenvalue weighted by atomic mass is 14.7. The number of rotatable bonds is 0. The quantitative estimate of drug-likeness (QED) is 0.644. The van der Waals surface area contributed by atoms with Crippen molar-refractivity contribution < 1.29 is 1.43 Å². The van der Waals surface area contributed by atoms with Crippen molar-refractivity contribution in [2.45, 2.75) is 40.2 Å². The molecule has 0 aromatic heterocycles. The Labute approximate surface area is 95.2 Å². The zero-order valence-corrected chi connectivity index (χ0v) is 10.3. The zero-order chi connectivity index (χ0) is 11.4. The second kappa shape index (κ2) is 5.32. The van der Waals surface area contributed by atoms with Crippen LogP contribution in [0.1, 0.15) is 35.5 Å². The lowest BCUT2D eigenvalue weighted by Crippen LogP contribution is -2.22. The van der Waals surface area contributed by atoms with Gasteiger partial charge >= 0.3 is 0 Å². The third-order valence-electron chi connectivity index (χ3n) is 3.11. The summed E-state index contributed by atoms with van der Waals surface area (Å²) in [5.74, 6) is 1.09. The molecule has 0 aromatic carbocycles. The van der Waals surface area contributed by atoms with Crippen molar-refractivity contribution in [1.29, 1.82) is 0 Å². The van der Waals surface area contributed by atoms with Gasteiger partial charge in [0.25, 0.3) is 0 Å². The van der Waals surface area contributed by atoms with Crippen LogP contribution in [0.2, 0.25) is 0 Å². The Morgan fingerprint density at radius 3 is 2.67 bits per heavy atom. The SMILES string of the molecule is CC.CC1C=CC=C2CC(N)C(C)C2=C1.[HH]. The molecule has 1 nitrogen and oxygen atoms in total. The monoisotopic (exact) mass is 207 g/mol. The first-order valence-electron chi connectivity index (χ1n) is 6.03. The Morgan fingerprint density at radius 1 is 1.33 bits per heavy atom. The largest absolute Gasteiger partial charge is 0.327 e. The lowest BCUT2D eigenvalue weighted by Gasteiger charge is -2.10. The predicted molar refractivity (Wildman–Crippen MR) is 69.7 cm³/mol. The van der Waals surface area contributed by atoms with Crippen LogP contribution in [0, 0.1) is 11.8 Å². The van der Waals surface area contributed by atoms with E-state index in [-0.39, 0.29) is 1.43 Å². The fraction of sp³-hybridized carbons (Fsp3) is 0.571. The Hall–Kier alpha value is -0.820. The van der Waals surface area contributed by atoms with Gasteiger partial charge < -0.3 is 5.73 Å². The van der Waals surface area contributed by atoms with Gasteiger partial charge in [0.05, 0.1) is 0 Å². The summed E-state index contributed by atoms with van der Waals surface area (Å²) < 4.78 is 0. The maximum absolute atomic E-state index is 6.03. The maximum Gasteiger partial charge on any atom is 0.0146 e. The van der Waals surface area contributed by atoms with Crippen LogP contribution in [0.4, 0.5) is 0 Å². The average molecular weight is 207 g/mol. The standard InChI is InChI=1S/C12H17N.C2H6.H2/c1-8-4-3-5-10-7-12(13)9(2)11(10)6-8;1-2;/h3-6,8-9,12H,7,13H2,1-2H3;1-2H3;1H.